The number of nitrogens with zero attached hydrogens (tertiary/aromatic N) is 6. The Morgan fingerprint density at radius 1 is 0.356 bits per heavy atom. The summed E-state index contributed by atoms with van der Waals surface area (Å²) >= 11 is 0.209. The quantitative estimate of drug-likeness (QED) is 0.0361. The van der Waals surface area contributed by atoms with Crippen molar-refractivity contribution >= 4 is 70.6 Å². The van der Waals surface area contributed by atoms with Crippen LogP contribution in [0.4, 0.5) is 52.7 Å². The predicted molar refractivity (Wildman–Crippen MR) is 335 cm³/mol. The Balaban J connectivity index is 0.000000191. The van der Waals surface area contributed by atoms with Crippen molar-refractivity contribution < 1.29 is 145 Å². The van der Waals surface area contributed by atoms with Crippen LogP contribution < -0.4 is 15.0 Å². The number of rotatable bonds is 15. The third-order valence-electron chi connectivity index (χ3n) is 15.5. The van der Waals surface area contributed by atoms with Crippen LogP contribution in [0.15, 0.2) is 138 Å². The van der Waals surface area contributed by atoms with E-state index in [1.807, 2.05) is 0 Å². The molecule has 15 atom stereocenters. The number of hydrogen-bond acceptors (Lipinski definition) is 21. The van der Waals surface area contributed by atoms with E-state index in [-0.39, 0.29) is 111 Å². The van der Waals surface area contributed by atoms with Crippen molar-refractivity contribution in [2.45, 2.75) is 112 Å². The van der Waals surface area contributed by atoms with Crippen molar-refractivity contribution in [3.8, 4) is 0 Å². The first-order valence-electron chi connectivity index (χ1n) is 28.9. The van der Waals surface area contributed by atoms with Gasteiger partial charge in [-0.1, -0.05) is 79.1 Å². The van der Waals surface area contributed by atoms with Gasteiger partial charge in [0.2, 0.25) is 0 Å². The molecule has 0 bridgehead atoms. The van der Waals surface area contributed by atoms with Gasteiger partial charge in [0.05, 0.1) is 68.3 Å². The summed E-state index contributed by atoms with van der Waals surface area (Å²) in [4.78, 5) is 20.3. The summed E-state index contributed by atoms with van der Waals surface area (Å²) in [6.45, 7) is -2.36. The van der Waals surface area contributed by atoms with E-state index in [1.165, 1.54) is 110 Å². The molecule has 0 aliphatic carbocycles. The summed E-state index contributed by atoms with van der Waals surface area (Å²) in [6.07, 6.45) is -3.70. The van der Waals surface area contributed by atoms with Gasteiger partial charge in [-0.05, 0) is 53.2 Å². The van der Waals surface area contributed by atoms with Crippen molar-refractivity contribution in [3.05, 3.63) is 212 Å². The Morgan fingerprint density at radius 3 is 0.762 bits per heavy atom. The van der Waals surface area contributed by atoms with Gasteiger partial charge in [-0.15, -0.1) is 17.1 Å². The van der Waals surface area contributed by atoms with Crippen LogP contribution in [0, 0.1) is 69.8 Å². The van der Waals surface area contributed by atoms with E-state index in [2.05, 4.69) is 29.9 Å². The van der Waals surface area contributed by atoms with E-state index >= 15 is 52.7 Å². The number of thioether (sulfide) groups is 3. The van der Waals surface area contributed by atoms with E-state index in [1.54, 1.807) is 0 Å². The van der Waals surface area contributed by atoms with Crippen LogP contribution in [0.2, 0.25) is 0 Å². The van der Waals surface area contributed by atoms with Crippen molar-refractivity contribution in [2.24, 2.45) is 15.0 Å². The Labute approximate surface area is 586 Å². The summed E-state index contributed by atoms with van der Waals surface area (Å²) < 4.78 is 197. The monoisotopic (exact) mass is 1530 g/mol. The molecule has 3 aromatic carbocycles. The fourth-order valence-corrected chi connectivity index (χ4v) is 13.9. The van der Waals surface area contributed by atoms with Gasteiger partial charge in [-0.25, -0.2) is 52.7 Å². The summed E-state index contributed by atoms with van der Waals surface area (Å²) in [5, 5.41) is 117. The molecule has 3 aromatic heterocycles. The predicted octanol–water partition coefficient (Wildman–Crippen LogP) is 5.11. The number of benzene rings is 3. The average molecular weight is 1530 g/mol. The van der Waals surface area contributed by atoms with Gasteiger partial charge < -0.3 is 90.4 Å². The molecule has 3 fully saturated rings. The van der Waals surface area contributed by atoms with Gasteiger partial charge in [-0.3, -0.25) is 15.0 Å². The average Bonchev–Trinajstić information content (AvgIpc) is 1.72. The number of halogens is 12. The number of aliphatic hydroxyl groups excluding tert-OH is 12. The smallest absolute Gasteiger partial charge is 0.664 e. The van der Waals surface area contributed by atoms with Gasteiger partial charge >= 0.3 is 17.1 Å². The first-order valence-corrected chi connectivity index (χ1v) is 31.5. The Morgan fingerprint density at radius 2 is 0.584 bits per heavy atom. The van der Waals surface area contributed by atoms with E-state index in [0.717, 1.165) is 0 Å². The molecule has 0 amide bonds. The van der Waals surface area contributed by atoms with Gasteiger partial charge in [0, 0.05) is 18.6 Å². The summed E-state index contributed by atoms with van der Waals surface area (Å²) in [5.41, 5.74) is -8.52. The molecule has 101 heavy (non-hydrogen) atoms. The maximum absolute atomic E-state index is 15.2. The largest absolute Gasteiger partial charge is 3.00 e. The number of aliphatic hydroxyl groups is 12. The second-order valence-corrected chi connectivity index (χ2v) is 24.9. The van der Waals surface area contributed by atoms with Crippen LogP contribution in [0.25, 0.3) is 16.7 Å². The van der Waals surface area contributed by atoms with E-state index in [4.69, 9.17) is 14.2 Å². The molecule has 21 nitrogen and oxygen atoms in total. The third-order valence-corrected chi connectivity index (χ3v) is 19.2. The van der Waals surface area contributed by atoms with Crippen LogP contribution in [-0.2, 0) is 31.3 Å². The Bertz CT molecular complexity index is 3710. The second kappa shape index (κ2) is 34.1. The molecule has 1 radical (unpaired) electrons. The van der Waals surface area contributed by atoms with Crippen molar-refractivity contribution in [3.63, 3.8) is 0 Å². The molecule has 3 saturated heterocycles. The van der Waals surface area contributed by atoms with E-state index in [0.29, 0.717) is 0 Å². The van der Waals surface area contributed by atoms with Crippen molar-refractivity contribution in [1.29, 1.82) is 0 Å². The first-order chi connectivity index (χ1) is 47.3. The van der Waals surface area contributed by atoms with Crippen LogP contribution in [0.1, 0.15) is 41.2 Å². The Kier molecular flexibility index (Phi) is 27.0. The molecule has 37 heteroatoms. The maximum atomic E-state index is 15.2. The zero-order chi connectivity index (χ0) is 71.6. The molecule has 9 heterocycles. The van der Waals surface area contributed by atoms with Crippen LogP contribution in [0.5, 0.6) is 0 Å². The maximum Gasteiger partial charge on any atom is 3.00 e. The minimum atomic E-state index is -1.87. The molecule has 6 unspecified atom stereocenters. The van der Waals surface area contributed by atoms with Crippen molar-refractivity contribution in [1.82, 2.24) is 15.0 Å². The molecular formula is C64H55F12FeN6O15S3. The number of allylic oxidation sites excluding steroid dienone is 6. The van der Waals surface area contributed by atoms with E-state index < -0.39 is 211 Å². The number of ether oxygens (including phenoxy) is 3. The molecule has 0 saturated carbocycles. The fraction of sp³-hybridized carbons (Fsp3) is 0.297. The van der Waals surface area contributed by atoms with Crippen LogP contribution in [-0.4, -0.2) is 189 Å². The second-order valence-electron chi connectivity index (χ2n) is 21.6. The number of aromatic nitrogens is 3. The molecule has 12 rings (SSSR count). The summed E-state index contributed by atoms with van der Waals surface area (Å²) in [5.74, 6) is -20.9. The summed E-state index contributed by atoms with van der Waals surface area (Å²) in [6, 6.07) is 8.62. The zero-order valence-corrected chi connectivity index (χ0v) is 53.6. The summed E-state index contributed by atoms with van der Waals surface area (Å²) in [7, 11) is 0. The van der Waals surface area contributed by atoms with Gasteiger partial charge in [0.15, 0.2) is 69.8 Å². The first kappa shape index (κ1) is 79.8. The number of hydrogen-bond donors (Lipinski definition) is 12. The fourth-order valence-electron chi connectivity index (χ4n) is 10.5. The van der Waals surface area contributed by atoms with Gasteiger partial charge in [0.1, 0.15) is 89.6 Å². The molecule has 0 spiro atoms. The van der Waals surface area contributed by atoms with Gasteiger partial charge in [-0.2, -0.15) is 18.6 Å². The number of aliphatic imine (C=N–C) groups is 3. The standard InChI is InChI=1S/3C21H17F4N2O5S.CH4.Fe/c3*22-13-12(11(8-3-1-5-26-8)9-4-2-6-27-9)14(23)16(25)20(15(13)24)33-21-19(31)18(30)17(29)10(7-28)32-21;;/h3*1-6,10,17-19,21,28-31H,7H2;1H4;/q3*-1;;+3/t3*10?,17-,18+,19?,21+;;/m111../s1. The molecule has 6 aliphatic heterocycles. The van der Waals surface area contributed by atoms with Crippen LogP contribution >= 0.6 is 35.3 Å². The Hall–Kier alpha value is -6.92. The minimum absolute atomic E-state index is 0. The SMILES string of the molecule is C.OCC1O[C@@H](Sc2c(F)c(F)c(C(=C3C=CC=N3)c3ccc[n-]3)c(F)c2F)C(O)[C@@H](O)[C@@H]1O.OCC1O[C@@H](Sc2c(F)c(F)c(C(=C3C=CC=N3)c3ccc[n-]3)c(F)c2F)C(O)[C@@H](O)[C@@H]1O.OCC1O[C@@H](Sc2c(F)c(F)c(C(=C3C=CC=N3)c3ccc[n-]3)c(F)c2F)C(O)[C@@H](O)[C@@H]1O.[Fe+3]. The molecule has 6 aliphatic rings. The van der Waals surface area contributed by atoms with Crippen LogP contribution in [0.3, 0.4) is 0 Å². The normalized spacial score (nSPS) is 28.0. The third kappa shape index (κ3) is 15.8. The molecule has 541 valence electrons. The molecule has 6 aromatic rings. The van der Waals surface area contributed by atoms with Gasteiger partial charge in [0.25, 0.3) is 0 Å². The molecular weight excluding hydrogens is 1470 g/mol. The zero-order valence-electron chi connectivity index (χ0n) is 50.1. The minimum Gasteiger partial charge on any atom is -0.664 e. The topological polar surface area (TPSA) is 350 Å². The van der Waals surface area contributed by atoms with Crippen molar-refractivity contribution in [2.75, 3.05) is 19.8 Å². The van der Waals surface area contributed by atoms with E-state index in [9.17, 15) is 61.3 Å². The molecule has 12 N–H and O–H groups in total.